The first kappa shape index (κ1) is 14.5. The Labute approximate surface area is 114 Å². The molecule has 1 aromatic heterocycles. The van der Waals surface area contributed by atoms with Crippen LogP contribution in [0.3, 0.4) is 0 Å². The summed E-state index contributed by atoms with van der Waals surface area (Å²) in [4.78, 5) is 15.6. The van der Waals surface area contributed by atoms with Crippen molar-refractivity contribution in [1.29, 1.82) is 0 Å². The van der Waals surface area contributed by atoms with E-state index in [1.54, 1.807) is 25.3 Å². The van der Waals surface area contributed by atoms with Gasteiger partial charge in [-0.2, -0.15) is 0 Å². The summed E-state index contributed by atoms with van der Waals surface area (Å²) < 4.78 is 3.42. The van der Waals surface area contributed by atoms with Crippen LogP contribution in [0.5, 0.6) is 0 Å². The van der Waals surface area contributed by atoms with Crippen molar-refractivity contribution in [2.24, 2.45) is 0 Å². The van der Waals surface area contributed by atoms with Crippen molar-refractivity contribution in [3.63, 3.8) is 0 Å². The zero-order valence-corrected chi connectivity index (χ0v) is 11.3. The predicted molar refractivity (Wildman–Crippen MR) is 67.4 cm³/mol. The Hall–Kier alpha value is -0.550. The van der Waals surface area contributed by atoms with Crippen LogP contribution >= 0.6 is 34.8 Å². The van der Waals surface area contributed by atoms with Gasteiger partial charge >= 0.3 is 0 Å². The number of nitrogens with one attached hydrogen (secondary N) is 1. The summed E-state index contributed by atoms with van der Waals surface area (Å²) in [6.45, 7) is 2.05. The molecule has 1 rings (SSSR count). The number of rotatable bonds is 4. The molecule has 0 aliphatic heterocycles. The summed E-state index contributed by atoms with van der Waals surface area (Å²) in [6, 6.07) is 3.24. The van der Waals surface area contributed by atoms with Gasteiger partial charge in [-0.05, 0) is 19.1 Å². The van der Waals surface area contributed by atoms with Crippen molar-refractivity contribution in [3.8, 4) is 0 Å². The zero-order valence-electron chi connectivity index (χ0n) is 8.99. The topological polar surface area (TPSA) is 51.2 Å². The fourth-order valence-corrected chi connectivity index (χ4v) is 1.44. The average Bonchev–Trinajstić information content (AvgIpc) is 2.28. The maximum Gasteiger partial charge on any atom is 0.254 e. The van der Waals surface area contributed by atoms with E-state index in [0.29, 0.717) is 12.2 Å². The zero-order chi connectivity index (χ0) is 12.9. The molecule has 0 spiro atoms. The van der Waals surface area contributed by atoms with Gasteiger partial charge in [0, 0.05) is 19.0 Å². The molecule has 0 fully saturated rings. The van der Waals surface area contributed by atoms with E-state index in [1.807, 2.05) is 0 Å². The van der Waals surface area contributed by atoms with Crippen molar-refractivity contribution in [3.05, 3.63) is 30.1 Å². The molecule has 0 radical (unpaired) electrons. The Balaban J connectivity index is 2.71. The van der Waals surface area contributed by atoms with Crippen LogP contribution in [0.1, 0.15) is 17.3 Å². The minimum absolute atomic E-state index is 0.311. The molecular formula is C10H11Cl3N2O2. The van der Waals surface area contributed by atoms with Gasteiger partial charge in [0.1, 0.15) is 0 Å². The second-order valence-electron chi connectivity index (χ2n) is 3.09. The molecule has 0 saturated carbocycles. The van der Waals surface area contributed by atoms with Crippen molar-refractivity contribution < 1.29 is 9.53 Å². The summed E-state index contributed by atoms with van der Waals surface area (Å²) >= 11 is 17.1. The number of nitrogens with zero attached hydrogens (tertiary/aromatic N) is 1. The normalized spacial score (nSPS) is 13.2. The molecule has 0 aliphatic carbocycles. The molecule has 4 nitrogen and oxygen atoms in total. The molecular weight excluding hydrogens is 286 g/mol. The minimum Gasteiger partial charge on any atom is -0.354 e. The first-order valence-electron chi connectivity index (χ1n) is 4.84. The summed E-state index contributed by atoms with van der Waals surface area (Å²) in [5.74, 6) is -0.414. The summed E-state index contributed by atoms with van der Waals surface area (Å²) in [5, 5.41) is 2.48. The van der Waals surface area contributed by atoms with Gasteiger partial charge in [-0.3, -0.25) is 9.78 Å². The number of hydrogen-bond donors (Lipinski definition) is 1. The molecule has 0 bridgehead atoms. The number of carbonyl (C=O) groups is 1. The molecule has 0 aromatic carbocycles. The molecule has 1 aromatic rings. The highest BCUT2D eigenvalue weighted by atomic mass is 35.6. The maximum absolute atomic E-state index is 11.8. The van der Waals surface area contributed by atoms with Gasteiger partial charge in [-0.15, -0.1) is 0 Å². The fourth-order valence-electron chi connectivity index (χ4n) is 1.08. The van der Waals surface area contributed by atoms with Crippen LogP contribution in [0, 0.1) is 0 Å². The Morgan fingerprint density at radius 3 is 2.76 bits per heavy atom. The number of halogens is 3. The Morgan fingerprint density at radius 2 is 2.29 bits per heavy atom. The summed E-state index contributed by atoms with van der Waals surface area (Å²) in [7, 11) is 0. The van der Waals surface area contributed by atoms with Crippen LogP contribution in [0.2, 0.25) is 0 Å². The molecule has 1 atom stereocenters. The molecule has 17 heavy (non-hydrogen) atoms. The van der Waals surface area contributed by atoms with E-state index in [2.05, 4.69) is 10.3 Å². The maximum atomic E-state index is 11.8. The smallest absolute Gasteiger partial charge is 0.254 e. The van der Waals surface area contributed by atoms with Crippen LogP contribution in [-0.4, -0.2) is 27.5 Å². The van der Waals surface area contributed by atoms with Gasteiger partial charge < -0.3 is 10.1 Å². The third kappa shape index (κ3) is 4.68. The highest BCUT2D eigenvalue weighted by Crippen LogP contribution is 2.31. The number of amides is 1. The second kappa shape index (κ2) is 6.40. The van der Waals surface area contributed by atoms with Crippen LogP contribution in [-0.2, 0) is 4.74 Å². The monoisotopic (exact) mass is 296 g/mol. The van der Waals surface area contributed by atoms with Crippen LogP contribution < -0.4 is 5.32 Å². The second-order valence-corrected chi connectivity index (χ2v) is 5.46. The number of pyridine rings is 1. The molecule has 7 heteroatoms. The van der Waals surface area contributed by atoms with E-state index in [4.69, 9.17) is 39.5 Å². The van der Waals surface area contributed by atoms with Crippen molar-refractivity contribution in [1.82, 2.24) is 10.3 Å². The number of aromatic nitrogens is 1. The van der Waals surface area contributed by atoms with E-state index in [1.165, 1.54) is 6.20 Å². The fraction of sp³-hybridized carbons (Fsp3) is 0.400. The van der Waals surface area contributed by atoms with Crippen molar-refractivity contribution in [2.75, 3.05) is 6.61 Å². The molecule has 1 amide bonds. The first-order valence-corrected chi connectivity index (χ1v) is 5.97. The minimum atomic E-state index is -1.73. The van der Waals surface area contributed by atoms with E-state index in [9.17, 15) is 4.79 Å². The SMILES string of the molecule is CCOC(NC(=O)c1cccnc1)C(Cl)(Cl)Cl. The molecule has 1 unspecified atom stereocenters. The third-order valence-corrected chi connectivity index (χ3v) is 2.41. The number of ether oxygens (including phenoxy) is 1. The third-order valence-electron chi connectivity index (χ3n) is 1.82. The van der Waals surface area contributed by atoms with E-state index in [0.717, 1.165) is 0 Å². The number of alkyl halides is 3. The molecule has 0 aliphatic rings. The Morgan fingerprint density at radius 1 is 1.59 bits per heavy atom. The molecule has 94 valence electrons. The average molecular weight is 298 g/mol. The summed E-state index contributed by atoms with van der Waals surface area (Å²) in [5.41, 5.74) is 0.367. The van der Waals surface area contributed by atoms with Crippen molar-refractivity contribution in [2.45, 2.75) is 16.9 Å². The van der Waals surface area contributed by atoms with Gasteiger partial charge in [-0.1, -0.05) is 34.8 Å². The number of carbonyl (C=O) groups excluding carboxylic acids is 1. The standard InChI is InChI=1S/C10H11Cl3N2O2/c1-2-17-9(10(11,12)13)15-8(16)7-4-3-5-14-6-7/h3-6,9H,2H2,1H3,(H,15,16). The van der Waals surface area contributed by atoms with E-state index < -0.39 is 15.9 Å². The van der Waals surface area contributed by atoms with Gasteiger partial charge in [-0.25, -0.2) is 0 Å². The van der Waals surface area contributed by atoms with Gasteiger partial charge in [0.2, 0.25) is 3.79 Å². The first-order chi connectivity index (χ1) is 7.95. The van der Waals surface area contributed by atoms with Gasteiger partial charge in [0.15, 0.2) is 6.23 Å². The molecule has 1 N–H and O–H groups in total. The van der Waals surface area contributed by atoms with E-state index >= 15 is 0 Å². The lowest BCUT2D eigenvalue weighted by Gasteiger charge is -2.24. The summed E-state index contributed by atoms with van der Waals surface area (Å²) in [6.07, 6.45) is 1.97. The Bertz CT molecular complexity index is 368. The van der Waals surface area contributed by atoms with Gasteiger partial charge in [0.05, 0.1) is 5.56 Å². The Kier molecular flexibility index (Phi) is 5.46. The lowest BCUT2D eigenvalue weighted by molar-refractivity contribution is 0.0368. The lowest BCUT2D eigenvalue weighted by atomic mass is 10.3. The van der Waals surface area contributed by atoms with Crippen LogP contribution in [0.4, 0.5) is 0 Å². The molecule has 0 saturated heterocycles. The van der Waals surface area contributed by atoms with E-state index in [-0.39, 0.29) is 0 Å². The quantitative estimate of drug-likeness (QED) is 0.686. The van der Waals surface area contributed by atoms with Gasteiger partial charge in [0.25, 0.3) is 5.91 Å². The number of hydrogen-bond acceptors (Lipinski definition) is 3. The lowest BCUT2D eigenvalue weighted by Crippen LogP contribution is -2.45. The van der Waals surface area contributed by atoms with Crippen LogP contribution in [0.15, 0.2) is 24.5 Å². The highest BCUT2D eigenvalue weighted by molar-refractivity contribution is 6.68. The highest BCUT2D eigenvalue weighted by Gasteiger charge is 2.34. The largest absolute Gasteiger partial charge is 0.354 e. The predicted octanol–water partition coefficient (Wildman–Crippen LogP) is 2.54. The van der Waals surface area contributed by atoms with Crippen LogP contribution in [0.25, 0.3) is 0 Å². The molecule has 1 heterocycles. The van der Waals surface area contributed by atoms with Crippen molar-refractivity contribution >= 4 is 40.7 Å².